The van der Waals surface area contributed by atoms with Gasteiger partial charge in [-0.05, 0) is 48.7 Å². The van der Waals surface area contributed by atoms with E-state index in [0.29, 0.717) is 5.71 Å². The number of allylic oxidation sites excluding steroid dienone is 1. The number of hydrogen-bond donors (Lipinski definition) is 1. The number of nitrogens with two attached hydrogens (primary N) is 1. The minimum Gasteiger partial charge on any atom is -0.405 e. The zero-order chi connectivity index (χ0) is 20.8. The summed E-state index contributed by atoms with van der Waals surface area (Å²) in [7, 11) is 0. The van der Waals surface area contributed by atoms with Gasteiger partial charge in [0.25, 0.3) is 0 Å². The Morgan fingerprint density at radius 1 is 1.00 bits per heavy atom. The van der Waals surface area contributed by atoms with E-state index in [9.17, 15) is 4.79 Å². The van der Waals surface area contributed by atoms with Gasteiger partial charge in [-0.2, -0.15) is 5.10 Å². The molecule has 4 rings (SSSR count). The molecule has 7 heteroatoms. The molecule has 1 fully saturated rings. The highest BCUT2D eigenvalue weighted by molar-refractivity contribution is 6.08. The number of para-hydroxylation sites is 1. The first-order valence-corrected chi connectivity index (χ1v) is 9.80. The standard InChI is InChI=1S/C23H23N5O2/c24-12-10-21(25-18-4-2-1-3-5-18)23-22(29)11-13-28(26-23)20-8-6-19(7-9-20)27-14-16-30-17-15-27/h1-13H,14-17,24H2. The summed E-state index contributed by atoms with van der Waals surface area (Å²) in [5, 5.41) is 4.53. The number of rotatable bonds is 5. The summed E-state index contributed by atoms with van der Waals surface area (Å²) >= 11 is 0. The van der Waals surface area contributed by atoms with Crippen LogP contribution >= 0.6 is 0 Å². The summed E-state index contributed by atoms with van der Waals surface area (Å²) in [4.78, 5) is 19.4. The fraction of sp³-hybridized carbons (Fsp3) is 0.174. The van der Waals surface area contributed by atoms with Gasteiger partial charge in [-0.25, -0.2) is 9.67 Å². The van der Waals surface area contributed by atoms with Crippen molar-refractivity contribution in [3.63, 3.8) is 0 Å². The molecule has 0 atom stereocenters. The van der Waals surface area contributed by atoms with E-state index in [1.807, 2.05) is 42.5 Å². The van der Waals surface area contributed by atoms with Crippen molar-refractivity contribution in [3.8, 4) is 5.69 Å². The van der Waals surface area contributed by atoms with Crippen molar-refractivity contribution < 1.29 is 4.74 Å². The topological polar surface area (TPSA) is 85.7 Å². The Balaban J connectivity index is 1.67. The van der Waals surface area contributed by atoms with Gasteiger partial charge in [-0.15, -0.1) is 0 Å². The second-order valence-corrected chi connectivity index (χ2v) is 6.78. The van der Waals surface area contributed by atoms with Crippen LogP contribution in [0.5, 0.6) is 0 Å². The van der Waals surface area contributed by atoms with Crippen LogP contribution < -0.4 is 16.1 Å². The van der Waals surface area contributed by atoms with Gasteiger partial charge < -0.3 is 15.4 Å². The van der Waals surface area contributed by atoms with Gasteiger partial charge in [0, 0.05) is 31.0 Å². The molecule has 2 N–H and O–H groups in total. The summed E-state index contributed by atoms with van der Waals surface area (Å²) in [6, 6.07) is 19.0. The summed E-state index contributed by atoms with van der Waals surface area (Å²) in [6.07, 6.45) is 4.60. The molecule has 152 valence electrons. The van der Waals surface area contributed by atoms with E-state index in [1.54, 1.807) is 17.0 Å². The SMILES string of the molecule is NC=CC(=Nc1ccccc1)c1nn(-c2ccc(N3CCOCC3)cc2)ccc1=O. The Kier molecular flexibility index (Phi) is 6.01. The van der Waals surface area contributed by atoms with E-state index < -0.39 is 0 Å². The number of hydrogen-bond acceptors (Lipinski definition) is 6. The Bertz CT molecular complexity index is 1100. The van der Waals surface area contributed by atoms with E-state index in [2.05, 4.69) is 27.1 Å². The van der Waals surface area contributed by atoms with Crippen LogP contribution in [-0.2, 0) is 4.74 Å². The van der Waals surface area contributed by atoms with Crippen LogP contribution in [0.15, 0.2) is 88.9 Å². The number of anilines is 1. The Hall–Kier alpha value is -3.71. The quantitative estimate of drug-likeness (QED) is 0.665. The average molecular weight is 401 g/mol. The predicted molar refractivity (Wildman–Crippen MR) is 119 cm³/mol. The van der Waals surface area contributed by atoms with Crippen LogP contribution in [0.1, 0.15) is 5.69 Å². The van der Waals surface area contributed by atoms with E-state index in [4.69, 9.17) is 10.5 Å². The molecule has 0 bridgehead atoms. The molecule has 1 aliphatic rings. The van der Waals surface area contributed by atoms with Crippen LogP contribution in [0.25, 0.3) is 5.69 Å². The van der Waals surface area contributed by atoms with Crippen LogP contribution in [0.4, 0.5) is 11.4 Å². The Morgan fingerprint density at radius 3 is 2.40 bits per heavy atom. The van der Waals surface area contributed by atoms with Gasteiger partial charge in [0.05, 0.1) is 30.3 Å². The molecule has 30 heavy (non-hydrogen) atoms. The van der Waals surface area contributed by atoms with Gasteiger partial charge in [0.2, 0.25) is 5.43 Å². The maximum Gasteiger partial charge on any atom is 0.209 e. The zero-order valence-electron chi connectivity index (χ0n) is 16.5. The van der Waals surface area contributed by atoms with Crippen molar-refractivity contribution in [3.05, 3.63) is 95.1 Å². The molecular formula is C23H23N5O2. The molecule has 0 radical (unpaired) electrons. The summed E-state index contributed by atoms with van der Waals surface area (Å²) in [5.74, 6) is 0. The summed E-state index contributed by atoms with van der Waals surface area (Å²) in [6.45, 7) is 3.24. The maximum absolute atomic E-state index is 12.5. The molecule has 1 aliphatic heterocycles. The van der Waals surface area contributed by atoms with E-state index in [0.717, 1.165) is 43.4 Å². The molecule has 0 aliphatic carbocycles. The monoisotopic (exact) mass is 401 g/mol. The number of nitrogens with zero attached hydrogens (tertiary/aromatic N) is 4. The van der Waals surface area contributed by atoms with Gasteiger partial charge in [0.1, 0.15) is 0 Å². The second-order valence-electron chi connectivity index (χ2n) is 6.78. The predicted octanol–water partition coefficient (Wildman–Crippen LogP) is 2.66. The molecule has 3 aromatic rings. The van der Waals surface area contributed by atoms with Crippen LogP contribution in [0.2, 0.25) is 0 Å². The highest BCUT2D eigenvalue weighted by Crippen LogP contribution is 2.18. The van der Waals surface area contributed by atoms with Crippen molar-refractivity contribution in [1.29, 1.82) is 0 Å². The largest absolute Gasteiger partial charge is 0.405 e. The van der Waals surface area contributed by atoms with Crippen LogP contribution in [0.3, 0.4) is 0 Å². The highest BCUT2D eigenvalue weighted by atomic mass is 16.5. The third kappa shape index (κ3) is 4.47. The fourth-order valence-corrected chi connectivity index (χ4v) is 3.27. The molecule has 0 unspecified atom stereocenters. The average Bonchev–Trinajstić information content (AvgIpc) is 2.81. The van der Waals surface area contributed by atoms with Crippen molar-refractivity contribution in [2.45, 2.75) is 0 Å². The molecule has 0 spiro atoms. The zero-order valence-corrected chi connectivity index (χ0v) is 16.5. The summed E-state index contributed by atoms with van der Waals surface area (Å²) < 4.78 is 7.08. The first-order chi connectivity index (χ1) is 14.7. The van der Waals surface area contributed by atoms with Gasteiger partial charge in [-0.1, -0.05) is 18.2 Å². The van der Waals surface area contributed by atoms with Gasteiger partial charge in [-0.3, -0.25) is 4.79 Å². The summed E-state index contributed by atoms with van der Waals surface area (Å²) in [5.41, 5.74) is 8.73. The van der Waals surface area contributed by atoms with Crippen molar-refractivity contribution >= 4 is 17.1 Å². The molecule has 0 amide bonds. The van der Waals surface area contributed by atoms with E-state index >= 15 is 0 Å². The van der Waals surface area contributed by atoms with Crippen LogP contribution in [0, 0.1) is 0 Å². The lowest BCUT2D eigenvalue weighted by molar-refractivity contribution is 0.122. The lowest BCUT2D eigenvalue weighted by atomic mass is 10.2. The molecule has 1 saturated heterocycles. The minimum absolute atomic E-state index is 0.219. The van der Waals surface area contributed by atoms with E-state index in [1.165, 1.54) is 12.3 Å². The van der Waals surface area contributed by atoms with Crippen molar-refractivity contribution in [2.75, 3.05) is 31.2 Å². The lowest BCUT2D eigenvalue weighted by Crippen LogP contribution is -2.36. The van der Waals surface area contributed by atoms with Crippen LogP contribution in [-0.4, -0.2) is 41.8 Å². The molecular weight excluding hydrogens is 378 g/mol. The number of aromatic nitrogens is 2. The lowest BCUT2D eigenvalue weighted by Gasteiger charge is -2.28. The first-order valence-electron chi connectivity index (χ1n) is 9.80. The number of benzene rings is 2. The smallest absolute Gasteiger partial charge is 0.209 e. The molecule has 2 heterocycles. The fourth-order valence-electron chi connectivity index (χ4n) is 3.27. The first kappa shape index (κ1) is 19.6. The van der Waals surface area contributed by atoms with Crippen molar-refractivity contribution in [1.82, 2.24) is 9.78 Å². The van der Waals surface area contributed by atoms with Gasteiger partial charge >= 0.3 is 0 Å². The molecule has 1 aromatic heterocycles. The second kappa shape index (κ2) is 9.19. The van der Waals surface area contributed by atoms with Crippen molar-refractivity contribution in [2.24, 2.45) is 10.7 Å². The Labute approximate surface area is 174 Å². The third-order valence-corrected chi connectivity index (χ3v) is 4.80. The number of aliphatic imine (C=N–C) groups is 1. The Morgan fingerprint density at radius 2 is 1.70 bits per heavy atom. The molecule has 7 nitrogen and oxygen atoms in total. The van der Waals surface area contributed by atoms with Gasteiger partial charge in [0.15, 0.2) is 5.69 Å². The maximum atomic E-state index is 12.5. The molecule has 2 aromatic carbocycles. The minimum atomic E-state index is -0.219. The number of morpholine rings is 1. The van der Waals surface area contributed by atoms with E-state index in [-0.39, 0.29) is 11.1 Å². The number of ether oxygens (including phenoxy) is 1. The third-order valence-electron chi connectivity index (χ3n) is 4.80. The highest BCUT2D eigenvalue weighted by Gasteiger charge is 2.12. The normalized spacial score (nSPS) is 14.9. The molecule has 0 saturated carbocycles.